The third kappa shape index (κ3) is 3.05. The van der Waals surface area contributed by atoms with Gasteiger partial charge in [0.15, 0.2) is 0 Å². The standard InChI is InChI=1S/C11H13BrN4OS/c1-17-11-3-2-7(4-8(11)12)5-9(14-13)10-6-18-16-15-10/h2-4,6,9,14H,5,13H2,1H3. The number of nitrogens with two attached hydrogens (primary N) is 1. The number of nitrogens with zero attached hydrogens (tertiary/aromatic N) is 2. The van der Waals surface area contributed by atoms with Crippen molar-refractivity contribution in [2.24, 2.45) is 5.84 Å². The van der Waals surface area contributed by atoms with Crippen molar-refractivity contribution in [2.75, 3.05) is 7.11 Å². The molecule has 96 valence electrons. The number of rotatable bonds is 5. The van der Waals surface area contributed by atoms with Crippen LogP contribution < -0.4 is 16.0 Å². The maximum Gasteiger partial charge on any atom is 0.133 e. The predicted molar refractivity (Wildman–Crippen MR) is 74.4 cm³/mol. The Morgan fingerprint density at radius 1 is 1.56 bits per heavy atom. The quantitative estimate of drug-likeness (QED) is 0.649. The lowest BCUT2D eigenvalue weighted by Gasteiger charge is -2.13. The topological polar surface area (TPSA) is 73.1 Å². The van der Waals surface area contributed by atoms with Crippen molar-refractivity contribution in [1.29, 1.82) is 0 Å². The molecule has 0 spiro atoms. The molecule has 0 radical (unpaired) electrons. The maximum absolute atomic E-state index is 5.56. The third-order valence-corrected chi connectivity index (χ3v) is 3.73. The number of hydrogen-bond donors (Lipinski definition) is 2. The summed E-state index contributed by atoms with van der Waals surface area (Å²) in [5, 5.41) is 5.92. The maximum atomic E-state index is 5.56. The molecule has 1 atom stereocenters. The van der Waals surface area contributed by atoms with Crippen LogP contribution in [0.5, 0.6) is 5.75 Å². The highest BCUT2D eigenvalue weighted by Crippen LogP contribution is 2.27. The van der Waals surface area contributed by atoms with E-state index >= 15 is 0 Å². The molecule has 1 heterocycles. The summed E-state index contributed by atoms with van der Waals surface area (Å²) in [6.45, 7) is 0. The van der Waals surface area contributed by atoms with Crippen LogP contribution in [-0.4, -0.2) is 16.7 Å². The van der Waals surface area contributed by atoms with Gasteiger partial charge in [-0.25, -0.2) is 0 Å². The zero-order valence-corrected chi connectivity index (χ0v) is 12.2. The Kier molecular flexibility index (Phi) is 4.65. The Bertz CT molecular complexity index is 506. The van der Waals surface area contributed by atoms with E-state index < -0.39 is 0 Å². The van der Waals surface area contributed by atoms with Crippen molar-refractivity contribution in [2.45, 2.75) is 12.5 Å². The van der Waals surface area contributed by atoms with Gasteiger partial charge in [-0.05, 0) is 51.6 Å². The molecular formula is C11H13BrN4OS. The molecule has 2 aromatic rings. The molecule has 0 aliphatic rings. The summed E-state index contributed by atoms with van der Waals surface area (Å²) in [6, 6.07) is 5.91. The van der Waals surface area contributed by atoms with Crippen molar-refractivity contribution in [1.82, 2.24) is 15.0 Å². The summed E-state index contributed by atoms with van der Waals surface area (Å²) in [7, 11) is 1.64. The molecule has 0 amide bonds. The molecule has 0 saturated heterocycles. The summed E-state index contributed by atoms with van der Waals surface area (Å²) < 4.78 is 9.97. The van der Waals surface area contributed by atoms with E-state index in [1.165, 1.54) is 11.5 Å². The smallest absolute Gasteiger partial charge is 0.133 e. The SMILES string of the molecule is COc1ccc(CC(NN)c2csnn2)cc1Br. The van der Waals surface area contributed by atoms with Gasteiger partial charge in [0.05, 0.1) is 23.3 Å². The van der Waals surface area contributed by atoms with Crippen molar-refractivity contribution >= 4 is 27.5 Å². The zero-order chi connectivity index (χ0) is 13.0. The summed E-state index contributed by atoms with van der Waals surface area (Å²) in [5.74, 6) is 6.37. The molecule has 1 aromatic carbocycles. The number of hydrazine groups is 1. The highest BCUT2D eigenvalue weighted by Gasteiger charge is 2.14. The summed E-state index contributed by atoms with van der Waals surface area (Å²) in [5.41, 5.74) is 4.75. The largest absolute Gasteiger partial charge is 0.496 e. The van der Waals surface area contributed by atoms with Crippen LogP contribution in [0.25, 0.3) is 0 Å². The average Bonchev–Trinajstić information content (AvgIpc) is 2.90. The van der Waals surface area contributed by atoms with Crippen molar-refractivity contribution in [3.8, 4) is 5.75 Å². The fraction of sp³-hybridized carbons (Fsp3) is 0.273. The summed E-state index contributed by atoms with van der Waals surface area (Å²) in [4.78, 5) is 0. The van der Waals surface area contributed by atoms with Crippen LogP contribution in [0.3, 0.4) is 0 Å². The second-order valence-corrected chi connectivity index (χ2v) is 5.19. The van der Waals surface area contributed by atoms with Crippen LogP contribution in [0, 0.1) is 0 Å². The molecular weight excluding hydrogens is 316 g/mol. The monoisotopic (exact) mass is 328 g/mol. The molecule has 0 bridgehead atoms. The van der Waals surface area contributed by atoms with E-state index in [2.05, 4.69) is 30.9 Å². The molecule has 18 heavy (non-hydrogen) atoms. The van der Waals surface area contributed by atoms with Crippen LogP contribution >= 0.6 is 27.5 Å². The average molecular weight is 329 g/mol. The van der Waals surface area contributed by atoms with Crippen LogP contribution in [-0.2, 0) is 6.42 Å². The molecule has 0 aliphatic heterocycles. The van der Waals surface area contributed by atoms with Crippen LogP contribution in [0.2, 0.25) is 0 Å². The van der Waals surface area contributed by atoms with E-state index in [-0.39, 0.29) is 6.04 Å². The van der Waals surface area contributed by atoms with E-state index in [1.807, 2.05) is 23.6 Å². The second-order valence-electron chi connectivity index (χ2n) is 3.72. The molecule has 1 aromatic heterocycles. The minimum atomic E-state index is -0.0379. The number of benzene rings is 1. The molecule has 0 fully saturated rings. The van der Waals surface area contributed by atoms with Crippen molar-refractivity contribution in [3.05, 3.63) is 39.3 Å². The first-order valence-electron chi connectivity index (χ1n) is 5.30. The van der Waals surface area contributed by atoms with Gasteiger partial charge >= 0.3 is 0 Å². The highest BCUT2D eigenvalue weighted by molar-refractivity contribution is 9.10. The molecule has 0 saturated carbocycles. The predicted octanol–water partition coefficient (Wildman–Crippen LogP) is 2.06. The summed E-state index contributed by atoms with van der Waals surface area (Å²) in [6.07, 6.45) is 0.741. The van der Waals surface area contributed by atoms with Gasteiger partial charge in [-0.1, -0.05) is 10.6 Å². The van der Waals surface area contributed by atoms with Crippen LogP contribution in [0.4, 0.5) is 0 Å². The Morgan fingerprint density at radius 2 is 2.39 bits per heavy atom. The Labute approximate surface area is 118 Å². The van der Waals surface area contributed by atoms with E-state index in [1.54, 1.807) is 7.11 Å². The zero-order valence-electron chi connectivity index (χ0n) is 9.76. The van der Waals surface area contributed by atoms with E-state index in [9.17, 15) is 0 Å². The molecule has 3 N–H and O–H groups in total. The number of aromatic nitrogens is 2. The normalized spacial score (nSPS) is 12.4. The first kappa shape index (κ1) is 13.4. The van der Waals surface area contributed by atoms with Crippen molar-refractivity contribution < 1.29 is 4.74 Å². The summed E-state index contributed by atoms with van der Waals surface area (Å²) >= 11 is 4.78. The van der Waals surface area contributed by atoms with Crippen molar-refractivity contribution in [3.63, 3.8) is 0 Å². The van der Waals surface area contributed by atoms with E-state index in [4.69, 9.17) is 10.6 Å². The Hall–Kier alpha value is -1.02. The minimum Gasteiger partial charge on any atom is -0.496 e. The van der Waals surface area contributed by atoms with Gasteiger partial charge in [0, 0.05) is 5.38 Å². The number of ether oxygens (including phenoxy) is 1. The lowest BCUT2D eigenvalue weighted by atomic mass is 10.0. The lowest BCUT2D eigenvalue weighted by Crippen LogP contribution is -2.29. The Morgan fingerprint density at radius 3 is 2.94 bits per heavy atom. The van der Waals surface area contributed by atoms with Crippen LogP contribution in [0.15, 0.2) is 28.1 Å². The first-order valence-corrected chi connectivity index (χ1v) is 6.93. The highest BCUT2D eigenvalue weighted by atomic mass is 79.9. The van der Waals surface area contributed by atoms with Gasteiger partial charge in [-0.15, -0.1) is 5.10 Å². The van der Waals surface area contributed by atoms with E-state index in [0.717, 1.165) is 27.9 Å². The second kappa shape index (κ2) is 6.24. The van der Waals surface area contributed by atoms with Gasteiger partial charge in [-0.3, -0.25) is 11.3 Å². The van der Waals surface area contributed by atoms with Gasteiger partial charge < -0.3 is 4.74 Å². The molecule has 1 unspecified atom stereocenters. The van der Waals surface area contributed by atoms with Crippen LogP contribution in [0.1, 0.15) is 17.3 Å². The fourth-order valence-corrected chi connectivity index (χ4v) is 2.74. The number of nitrogens with one attached hydrogen (secondary N) is 1. The van der Waals surface area contributed by atoms with Gasteiger partial charge in [0.1, 0.15) is 5.75 Å². The number of methoxy groups -OCH3 is 1. The van der Waals surface area contributed by atoms with Gasteiger partial charge in [-0.2, -0.15) is 0 Å². The fourth-order valence-electron chi connectivity index (χ4n) is 1.65. The molecule has 0 aliphatic carbocycles. The number of hydrogen-bond acceptors (Lipinski definition) is 6. The van der Waals surface area contributed by atoms with Gasteiger partial charge in [0.2, 0.25) is 0 Å². The minimum absolute atomic E-state index is 0.0379. The third-order valence-electron chi connectivity index (χ3n) is 2.59. The molecule has 2 rings (SSSR count). The van der Waals surface area contributed by atoms with Gasteiger partial charge in [0.25, 0.3) is 0 Å². The Balaban J connectivity index is 2.15. The first-order chi connectivity index (χ1) is 8.74. The molecule has 7 heteroatoms. The van der Waals surface area contributed by atoms with E-state index in [0.29, 0.717) is 0 Å². The number of halogens is 1. The molecule has 5 nitrogen and oxygen atoms in total. The lowest BCUT2D eigenvalue weighted by molar-refractivity contribution is 0.412.